The Labute approximate surface area is 113 Å². The molecule has 2 aromatic rings. The molecule has 0 aliphatic carbocycles. The lowest BCUT2D eigenvalue weighted by molar-refractivity contribution is 0.102. The van der Waals surface area contributed by atoms with Gasteiger partial charge < -0.3 is 5.32 Å². The fourth-order valence-electron chi connectivity index (χ4n) is 1.29. The lowest BCUT2D eigenvalue weighted by atomic mass is 10.2. The van der Waals surface area contributed by atoms with E-state index in [4.69, 9.17) is 23.2 Å². The van der Waals surface area contributed by atoms with Gasteiger partial charge in [0.15, 0.2) is 0 Å². The van der Waals surface area contributed by atoms with Crippen molar-refractivity contribution < 1.29 is 9.18 Å². The minimum Gasteiger partial charge on any atom is -0.322 e. The van der Waals surface area contributed by atoms with E-state index in [1.807, 2.05) is 0 Å². The Kier molecular flexibility index (Phi) is 3.79. The quantitative estimate of drug-likeness (QED) is 0.853. The van der Waals surface area contributed by atoms with Crippen molar-refractivity contribution >= 4 is 34.8 Å². The van der Waals surface area contributed by atoms with Crippen molar-refractivity contribution in [2.24, 2.45) is 0 Å². The number of aromatic nitrogens is 1. The van der Waals surface area contributed by atoms with Crippen molar-refractivity contribution in [2.75, 3.05) is 5.32 Å². The molecule has 0 aliphatic rings. The van der Waals surface area contributed by atoms with E-state index < -0.39 is 5.82 Å². The van der Waals surface area contributed by atoms with Gasteiger partial charge in [0.25, 0.3) is 5.91 Å². The maximum Gasteiger partial charge on any atom is 0.257 e. The summed E-state index contributed by atoms with van der Waals surface area (Å²) in [4.78, 5) is 15.6. The number of benzene rings is 1. The first-order valence-corrected chi connectivity index (χ1v) is 5.70. The maximum atomic E-state index is 12.9. The summed E-state index contributed by atoms with van der Waals surface area (Å²) in [5, 5.41) is 2.82. The second kappa shape index (κ2) is 5.33. The number of amides is 1. The topological polar surface area (TPSA) is 42.0 Å². The molecule has 1 aromatic heterocycles. The largest absolute Gasteiger partial charge is 0.322 e. The number of nitrogens with zero attached hydrogens (tertiary/aromatic N) is 1. The van der Waals surface area contributed by atoms with Crippen molar-refractivity contribution in [3.8, 4) is 0 Å². The normalized spacial score (nSPS) is 10.2. The first-order chi connectivity index (χ1) is 8.56. The Hall–Kier alpha value is -1.65. The van der Waals surface area contributed by atoms with Crippen molar-refractivity contribution in [3.05, 3.63) is 58.1 Å². The Balaban J connectivity index is 2.16. The molecule has 1 amide bonds. The van der Waals surface area contributed by atoms with E-state index in [1.54, 1.807) is 0 Å². The first kappa shape index (κ1) is 12.8. The third-order valence-corrected chi connectivity index (χ3v) is 2.68. The van der Waals surface area contributed by atoms with E-state index in [2.05, 4.69) is 10.3 Å². The fourth-order valence-corrected chi connectivity index (χ4v) is 1.58. The summed E-state index contributed by atoms with van der Waals surface area (Å²) < 4.78 is 12.9. The summed E-state index contributed by atoms with van der Waals surface area (Å²) in [5.74, 6) is -0.912. The van der Waals surface area contributed by atoms with Gasteiger partial charge >= 0.3 is 0 Å². The fraction of sp³-hybridized carbons (Fsp3) is 0. The zero-order valence-corrected chi connectivity index (χ0v) is 10.5. The predicted octanol–water partition coefficient (Wildman–Crippen LogP) is 3.78. The smallest absolute Gasteiger partial charge is 0.257 e. The molecule has 0 atom stereocenters. The zero-order valence-electron chi connectivity index (χ0n) is 8.95. The zero-order chi connectivity index (χ0) is 13.1. The molecule has 3 nitrogen and oxygen atoms in total. The number of nitrogens with one attached hydrogen (secondary N) is 1. The van der Waals surface area contributed by atoms with Gasteiger partial charge in [-0.2, -0.15) is 0 Å². The van der Waals surface area contributed by atoms with Gasteiger partial charge in [0, 0.05) is 11.9 Å². The number of hydrogen-bond donors (Lipinski definition) is 1. The van der Waals surface area contributed by atoms with Crippen LogP contribution in [-0.4, -0.2) is 10.9 Å². The molecule has 0 unspecified atom stereocenters. The number of rotatable bonds is 2. The third-order valence-electron chi connectivity index (χ3n) is 2.17. The van der Waals surface area contributed by atoms with E-state index in [9.17, 15) is 9.18 Å². The average Bonchev–Trinajstić information content (AvgIpc) is 2.34. The van der Waals surface area contributed by atoms with E-state index in [0.717, 1.165) is 0 Å². The van der Waals surface area contributed by atoms with Crippen molar-refractivity contribution in [2.45, 2.75) is 0 Å². The monoisotopic (exact) mass is 284 g/mol. The van der Waals surface area contributed by atoms with Crippen LogP contribution in [0.4, 0.5) is 10.1 Å². The maximum absolute atomic E-state index is 12.9. The number of hydrogen-bond acceptors (Lipinski definition) is 2. The van der Waals surface area contributed by atoms with Crippen LogP contribution in [-0.2, 0) is 0 Å². The molecule has 0 radical (unpaired) electrons. The standard InChI is InChI=1S/C12H7Cl2FN2O/c13-9-5-8(2-3-10(9)15)17-12(18)7-1-4-11(14)16-6-7/h1-6H,(H,17,18). The lowest BCUT2D eigenvalue weighted by Gasteiger charge is -2.05. The number of carbonyl (C=O) groups is 1. The van der Waals surface area contributed by atoms with Crippen molar-refractivity contribution in [3.63, 3.8) is 0 Å². The van der Waals surface area contributed by atoms with Crippen LogP contribution in [0.3, 0.4) is 0 Å². The minimum atomic E-state index is -0.539. The summed E-state index contributed by atoms with van der Waals surface area (Å²) in [6.45, 7) is 0. The SMILES string of the molecule is O=C(Nc1ccc(F)c(Cl)c1)c1ccc(Cl)nc1. The van der Waals surface area contributed by atoms with Gasteiger partial charge in [-0.3, -0.25) is 4.79 Å². The van der Waals surface area contributed by atoms with E-state index in [0.29, 0.717) is 16.4 Å². The Morgan fingerprint density at radius 1 is 1.22 bits per heavy atom. The molecule has 92 valence electrons. The third kappa shape index (κ3) is 2.97. The molecule has 18 heavy (non-hydrogen) atoms. The summed E-state index contributed by atoms with van der Waals surface area (Å²) >= 11 is 11.2. The van der Waals surface area contributed by atoms with Crippen LogP contribution >= 0.6 is 23.2 Å². The Morgan fingerprint density at radius 2 is 2.00 bits per heavy atom. The molecule has 1 aromatic carbocycles. The van der Waals surface area contributed by atoms with Crippen LogP contribution < -0.4 is 5.32 Å². The highest BCUT2D eigenvalue weighted by atomic mass is 35.5. The van der Waals surface area contributed by atoms with Crippen LogP contribution in [0.5, 0.6) is 0 Å². The number of halogens is 3. The Bertz CT molecular complexity index is 587. The van der Waals surface area contributed by atoms with Crippen LogP contribution in [0.25, 0.3) is 0 Å². The van der Waals surface area contributed by atoms with Gasteiger partial charge in [-0.25, -0.2) is 9.37 Å². The van der Waals surface area contributed by atoms with E-state index in [-0.39, 0.29) is 10.9 Å². The number of pyridine rings is 1. The molecule has 1 N–H and O–H groups in total. The predicted molar refractivity (Wildman–Crippen MR) is 68.6 cm³/mol. The van der Waals surface area contributed by atoms with Crippen LogP contribution in [0.2, 0.25) is 10.2 Å². The van der Waals surface area contributed by atoms with Crippen molar-refractivity contribution in [1.82, 2.24) is 4.98 Å². The first-order valence-electron chi connectivity index (χ1n) is 4.94. The van der Waals surface area contributed by atoms with Gasteiger partial charge in [-0.05, 0) is 30.3 Å². The highest BCUT2D eigenvalue weighted by molar-refractivity contribution is 6.31. The highest BCUT2D eigenvalue weighted by Gasteiger charge is 2.08. The second-order valence-electron chi connectivity index (χ2n) is 3.45. The van der Waals surface area contributed by atoms with Gasteiger partial charge in [-0.1, -0.05) is 23.2 Å². The number of anilines is 1. The summed E-state index contributed by atoms with van der Waals surface area (Å²) in [6.07, 6.45) is 1.35. The summed E-state index contributed by atoms with van der Waals surface area (Å²) in [7, 11) is 0. The van der Waals surface area contributed by atoms with Crippen LogP contribution in [0, 0.1) is 5.82 Å². The number of carbonyl (C=O) groups excluding carboxylic acids is 1. The van der Waals surface area contributed by atoms with Gasteiger partial charge in [0.05, 0.1) is 10.6 Å². The highest BCUT2D eigenvalue weighted by Crippen LogP contribution is 2.19. The van der Waals surface area contributed by atoms with E-state index >= 15 is 0 Å². The molecule has 0 aliphatic heterocycles. The summed E-state index contributed by atoms with van der Waals surface area (Å²) in [5.41, 5.74) is 0.751. The van der Waals surface area contributed by atoms with Crippen LogP contribution in [0.15, 0.2) is 36.5 Å². The molecule has 0 saturated heterocycles. The molecule has 0 spiro atoms. The van der Waals surface area contributed by atoms with Gasteiger partial charge in [-0.15, -0.1) is 0 Å². The van der Waals surface area contributed by atoms with E-state index in [1.165, 1.54) is 36.5 Å². The second-order valence-corrected chi connectivity index (χ2v) is 4.25. The lowest BCUT2D eigenvalue weighted by Crippen LogP contribution is -2.12. The molecular formula is C12H7Cl2FN2O. The van der Waals surface area contributed by atoms with Gasteiger partial charge in [0.2, 0.25) is 0 Å². The van der Waals surface area contributed by atoms with Crippen molar-refractivity contribution in [1.29, 1.82) is 0 Å². The molecular weight excluding hydrogens is 278 g/mol. The molecule has 1 heterocycles. The molecule has 6 heteroatoms. The molecule has 0 fully saturated rings. The molecule has 0 saturated carbocycles. The summed E-state index contributed by atoms with van der Waals surface area (Å²) in [6, 6.07) is 6.97. The van der Waals surface area contributed by atoms with Crippen LogP contribution in [0.1, 0.15) is 10.4 Å². The minimum absolute atomic E-state index is 0.0537. The molecule has 2 rings (SSSR count). The average molecular weight is 285 g/mol. The molecule has 0 bridgehead atoms. The Morgan fingerprint density at radius 3 is 2.61 bits per heavy atom. The van der Waals surface area contributed by atoms with Gasteiger partial charge in [0.1, 0.15) is 11.0 Å².